The highest BCUT2D eigenvalue weighted by molar-refractivity contribution is 5.88. The highest BCUT2D eigenvalue weighted by Crippen LogP contribution is 2.35. The minimum Gasteiger partial charge on any atom is -0.381 e. The van der Waals surface area contributed by atoms with E-state index in [0.717, 1.165) is 10.9 Å². The van der Waals surface area contributed by atoms with Crippen LogP contribution in [0.1, 0.15) is 47.8 Å². The number of aldehydes is 1. The second-order valence-corrected chi connectivity index (χ2v) is 7.10. The average molecular weight is 427 g/mol. The van der Waals surface area contributed by atoms with Gasteiger partial charge in [-0.15, -0.1) is 0 Å². The number of methoxy groups -OCH3 is 1. The molecule has 1 unspecified atom stereocenters. The lowest BCUT2D eigenvalue weighted by Gasteiger charge is -2.14. The maximum absolute atomic E-state index is 14.3. The number of carbonyl (C=O) groups excluding carboxylic acids is 1. The van der Waals surface area contributed by atoms with Crippen LogP contribution < -0.4 is 11.3 Å². The van der Waals surface area contributed by atoms with Crippen LogP contribution in [-0.2, 0) is 29.2 Å². The second-order valence-electron chi connectivity index (χ2n) is 7.10. The van der Waals surface area contributed by atoms with Crippen LogP contribution in [0.3, 0.4) is 0 Å². The first-order chi connectivity index (χ1) is 14.9. The number of nitrogens with zero attached hydrogens (tertiary/aromatic N) is 2. The van der Waals surface area contributed by atoms with E-state index >= 15 is 0 Å². The summed E-state index contributed by atoms with van der Waals surface area (Å²) in [5.74, 6) is -0.395. The molecular formula is C23H26FN3O4. The van der Waals surface area contributed by atoms with Gasteiger partial charge in [-0.05, 0) is 30.2 Å². The molecule has 0 fully saturated rings. The molecule has 0 amide bonds. The lowest BCUT2D eigenvalue weighted by Crippen LogP contribution is -2.26. The van der Waals surface area contributed by atoms with E-state index in [1.807, 2.05) is 19.9 Å². The molecule has 31 heavy (non-hydrogen) atoms. The smallest absolute Gasteiger partial charge is 0.257 e. The Hall–Kier alpha value is -2.94. The summed E-state index contributed by atoms with van der Waals surface area (Å²) in [4.78, 5) is 28.8. The van der Waals surface area contributed by atoms with Crippen molar-refractivity contribution in [3.63, 3.8) is 0 Å². The molecule has 2 aromatic heterocycles. The summed E-state index contributed by atoms with van der Waals surface area (Å²) >= 11 is 0. The van der Waals surface area contributed by atoms with Crippen molar-refractivity contribution in [2.45, 2.75) is 46.6 Å². The van der Waals surface area contributed by atoms with Gasteiger partial charge in [-0.3, -0.25) is 4.79 Å². The maximum atomic E-state index is 14.3. The van der Waals surface area contributed by atoms with Crippen LogP contribution in [0.25, 0.3) is 22.3 Å². The fourth-order valence-corrected chi connectivity index (χ4v) is 3.96. The van der Waals surface area contributed by atoms with Gasteiger partial charge in [0.2, 0.25) is 0 Å². The number of carbonyl (C=O) groups is 1. The van der Waals surface area contributed by atoms with Gasteiger partial charge in [0.1, 0.15) is 11.9 Å². The fourth-order valence-electron chi connectivity index (χ4n) is 3.96. The van der Waals surface area contributed by atoms with Gasteiger partial charge in [-0.1, -0.05) is 13.8 Å². The number of rotatable bonds is 5. The Morgan fingerprint density at radius 3 is 2.65 bits per heavy atom. The zero-order valence-corrected chi connectivity index (χ0v) is 18.0. The number of aliphatic hydroxyl groups excluding tert-OH is 1. The molecule has 1 aliphatic rings. The third-order valence-corrected chi connectivity index (χ3v) is 5.48. The minimum atomic E-state index is -1.45. The summed E-state index contributed by atoms with van der Waals surface area (Å²) in [5.41, 5.74) is 9.25. The second kappa shape index (κ2) is 9.05. The summed E-state index contributed by atoms with van der Waals surface area (Å²) in [6, 6.07) is 4.81. The molecule has 1 aliphatic heterocycles. The third kappa shape index (κ3) is 3.67. The van der Waals surface area contributed by atoms with Gasteiger partial charge in [0.05, 0.1) is 30.1 Å². The standard InChI is InChI=1S/C21H20FN3O4.C2H6/c1-10-14(6-23)12-3-11-7-25-18(20(11)24-17(12)5-16(10)22)4-13(19(27)8-26)15(9-29-2)21(25)28;1-2/h3-5,8,19,27H,6-7,9,23H2,1-2H3;1-2H3. The number of fused-ring (bicyclic) bond motifs is 4. The number of aromatic nitrogens is 2. The quantitative estimate of drug-likeness (QED) is 0.474. The Morgan fingerprint density at radius 1 is 1.32 bits per heavy atom. The molecule has 1 aromatic carbocycles. The number of halogens is 1. The molecule has 0 aliphatic carbocycles. The van der Waals surface area contributed by atoms with Crippen molar-refractivity contribution in [2.75, 3.05) is 7.11 Å². The predicted molar refractivity (Wildman–Crippen MR) is 116 cm³/mol. The van der Waals surface area contributed by atoms with Gasteiger partial charge in [-0.2, -0.15) is 0 Å². The van der Waals surface area contributed by atoms with Crippen LogP contribution in [0.5, 0.6) is 0 Å². The van der Waals surface area contributed by atoms with Gasteiger partial charge >= 0.3 is 0 Å². The number of benzene rings is 1. The minimum absolute atomic E-state index is 0.0349. The van der Waals surface area contributed by atoms with Crippen LogP contribution in [0, 0.1) is 12.7 Å². The number of ether oxygens (including phenoxy) is 1. The first-order valence-electron chi connectivity index (χ1n) is 10.1. The van der Waals surface area contributed by atoms with Crippen LogP contribution >= 0.6 is 0 Å². The largest absolute Gasteiger partial charge is 0.381 e. The van der Waals surface area contributed by atoms with Gasteiger partial charge in [0, 0.05) is 41.8 Å². The first-order valence-corrected chi connectivity index (χ1v) is 10.1. The molecule has 8 heteroatoms. The molecular weight excluding hydrogens is 401 g/mol. The number of aliphatic hydroxyl groups is 1. The van der Waals surface area contributed by atoms with Crippen molar-refractivity contribution in [2.24, 2.45) is 5.73 Å². The number of hydrogen-bond donors (Lipinski definition) is 2. The fraction of sp³-hybridized carbons (Fsp3) is 0.348. The lowest BCUT2D eigenvalue weighted by atomic mass is 9.99. The van der Waals surface area contributed by atoms with Gasteiger partial charge < -0.3 is 24.9 Å². The van der Waals surface area contributed by atoms with Crippen molar-refractivity contribution in [1.29, 1.82) is 0 Å². The van der Waals surface area contributed by atoms with E-state index in [1.165, 1.54) is 17.7 Å². The summed E-state index contributed by atoms with van der Waals surface area (Å²) < 4.78 is 20.9. The summed E-state index contributed by atoms with van der Waals surface area (Å²) in [6.45, 7) is 6.09. The molecule has 7 nitrogen and oxygen atoms in total. The molecule has 3 N–H and O–H groups in total. The highest BCUT2D eigenvalue weighted by atomic mass is 19.1. The zero-order valence-electron chi connectivity index (χ0n) is 18.0. The average Bonchev–Trinajstić information content (AvgIpc) is 3.14. The van der Waals surface area contributed by atoms with E-state index in [9.17, 15) is 19.1 Å². The van der Waals surface area contributed by atoms with Crippen molar-refractivity contribution < 1.29 is 19.0 Å². The Labute approximate surface area is 179 Å². The SMILES string of the molecule is CC.COCc1c(C(O)C=O)cc2n(c1=O)Cc1cc3c(CN)c(C)c(F)cc3nc1-2. The van der Waals surface area contributed by atoms with Gasteiger partial charge in [0.25, 0.3) is 5.56 Å². The molecule has 0 bridgehead atoms. The normalized spacial score (nSPS) is 12.7. The van der Waals surface area contributed by atoms with E-state index in [2.05, 4.69) is 4.98 Å². The molecule has 0 saturated heterocycles. The Balaban J connectivity index is 0.00000132. The summed E-state index contributed by atoms with van der Waals surface area (Å²) in [7, 11) is 1.43. The van der Waals surface area contributed by atoms with Crippen LogP contribution in [-0.4, -0.2) is 28.1 Å². The molecule has 1 atom stereocenters. The zero-order chi connectivity index (χ0) is 22.9. The molecule has 3 aromatic rings. The molecule has 0 saturated carbocycles. The lowest BCUT2D eigenvalue weighted by molar-refractivity contribution is -0.115. The van der Waals surface area contributed by atoms with Gasteiger partial charge in [-0.25, -0.2) is 9.37 Å². The Kier molecular flexibility index (Phi) is 6.64. The number of hydrogen-bond acceptors (Lipinski definition) is 6. The first kappa shape index (κ1) is 22.7. The topological polar surface area (TPSA) is 107 Å². The number of pyridine rings is 2. The molecule has 4 rings (SSSR count). The summed E-state index contributed by atoms with van der Waals surface area (Å²) in [5, 5.41) is 10.8. The molecule has 164 valence electrons. The molecule has 0 radical (unpaired) electrons. The molecule has 0 spiro atoms. The van der Waals surface area contributed by atoms with Crippen molar-refractivity contribution in [3.05, 3.63) is 62.2 Å². The van der Waals surface area contributed by atoms with Crippen LogP contribution in [0.4, 0.5) is 4.39 Å². The van der Waals surface area contributed by atoms with Crippen molar-refractivity contribution >= 4 is 17.2 Å². The van der Waals surface area contributed by atoms with E-state index in [0.29, 0.717) is 34.3 Å². The van der Waals surface area contributed by atoms with Gasteiger partial charge in [0.15, 0.2) is 6.29 Å². The summed E-state index contributed by atoms with van der Waals surface area (Å²) in [6.07, 6.45) is -1.09. The number of nitrogens with two attached hydrogens (primary N) is 1. The Bertz CT molecular complexity index is 1220. The maximum Gasteiger partial charge on any atom is 0.257 e. The third-order valence-electron chi connectivity index (χ3n) is 5.48. The van der Waals surface area contributed by atoms with Crippen molar-refractivity contribution in [3.8, 4) is 11.4 Å². The van der Waals surface area contributed by atoms with Crippen LogP contribution in [0.15, 0.2) is 23.0 Å². The van der Waals surface area contributed by atoms with E-state index < -0.39 is 11.9 Å². The highest BCUT2D eigenvalue weighted by Gasteiger charge is 2.27. The predicted octanol–water partition coefficient (Wildman–Crippen LogP) is 2.74. The van der Waals surface area contributed by atoms with E-state index in [1.54, 1.807) is 13.0 Å². The molecule has 3 heterocycles. The van der Waals surface area contributed by atoms with Crippen molar-refractivity contribution in [1.82, 2.24) is 9.55 Å². The van der Waals surface area contributed by atoms with E-state index in [-0.39, 0.29) is 36.4 Å². The van der Waals surface area contributed by atoms with Crippen LogP contribution in [0.2, 0.25) is 0 Å². The van der Waals surface area contributed by atoms with E-state index in [4.69, 9.17) is 10.5 Å². The monoisotopic (exact) mass is 427 g/mol. The Morgan fingerprint density at radius 2 is 2.03 bits per heavy atom.